The van der Waals surface area contributed by atoms with Crippen LogP contribution in [0.2, 0.25) is 0 Å². The Morgan fingerprint density at radius 2 is 1.92 bits per heavy atom. The van der Waals surface area contributed by atoms with Crippen LogP contribution in [0, 0.1) is 17.2 Å². The Labute approximate surface area is 152 Å². The third kappa shape index (κ3) is 6.02. The van der Waals surface area contributed by atoms with Crippen molar-refractivity contribution in [1.82, 2.24) is 5.32 Å². The number of carboxylic acids is 1. The summed E-state index contributed by atoms with van der Waals surface area (Å²) in [4.78, 5) is 23.4. The summed E-state index contributed by atoms with van der Waals surface area (Å²) in [5, 5.41) is 23.5. The smallest absolute Gasteiger partial charge is 0.326 e. The number of anilines is 1. The number of carbonyl (C=O) groups excluding carboxylic acids is 1. The van der Waals surface area contributed by atoms with Gasteiger partial charge in [0.25, 0.3) is 5.91 Å². The van der Waals surface area contributed by atoms with Gasteiger partial charge in [-0.2, -0.15) is 5.26 Å². The molecule has 1 aromatic rings. The number of aliphatic carboxylic acids is 1. The Morgan fingerprint density at radius 1 is 1.27 bits per heavy atom. The molecule has 0 aliphatic heterocycles. The van der Waals surface area contributed by atoms with Crippen molar-refractivity contribution in [3.8, 4) is 17.6 Å². The van der Waals surface area contributed by atoms with Crippen LogP contribution in [0.3, 0.4) is 0 Å². The van der Waals surface area contributed by atoms with Crippen LogP contribution in [0.15, 0.2) is 30.0 Å². The minimum absolute atomic E-state index is 0.0794. The number of methoxy groups -OCH3 is 2. The van der Waals surface area contributed by atoms with Crippen LogP contribution in [0.1, 0.15) is 20.3 Å². The van der Waals surface area contributed by atoms with E-state index >= 15 is 0 Å². The summed E-state index contributed by atoms with van der Waals surface area (Å²) >= 11 is 0. The summed E-state index contributed by atoms with van der Waals surface area (Å²) in [7, 11) is 3.01. The third-order valence-corrected chi connectivity index (χ3v) is 3.44. The molecule has 0 saturated heterocycles. The first kappa shape index (κ1) is 20.8. The molecule has 8 heteroatoms. The zero-order valence-electron chi connectivity index (χ0n) is 15.2. The molecule has 0 fully saturated rings. The number of nitrogens with zero attached hydrogens (tertiary/aromatic N) is 1. The van der Waals surface area contributed by atoms with E-state index in [0.717, 1.165) is 0 Å². The van der Waals surface area contributed by atoms with Gasteiger partial charge in [-0.3, -0.25) is 4.79 Å². The van der Waals surface area contributed by atoms with Gasteiger partial charge in [-0.05, 0) is 24.5 Å². The normalized spacial score (nSPS) is 12.1. The van der Waals surface area contributed by atoms with Crippen molar-refractivity contribution in [3.05, 3.63) is 30.0 Å². The summed E-state index contributed by atoms with van der Waals surface area (Å²) in [6.07, 6.45) is 1.48. The van der Waals surface area contributed by atoms with Crippen LogP contribution in [-0.4, -0.2) is 37.2 Å². The molecule has 1 aromatic carbocycles. The largest absolute Gasteiger partial charge is 0.493 e. The second-order valence-corrected chi connectivity index (χ2v) is 5.88. The van der Waals surface area contributed by atoms with Crippen LogP contribution in [0.5, 0.6) is 11.5 Å². The first-order valence-electron chi connectivity index (χ1n) is 7.94. The minimum Gasteiger partial charge on any atom is -0.493 e. The molecule has 0 aromatic heterocycles. The first-order chi connectivity index (χ1) is 12.3. The molecule has 0 bridgehead atoms. The fraction of sp³-hybridized carbons (Fsp3) is 0.389. The molecular weight excluding hydrogens is 338 g/mol. The standard InChI is InChI=1S/C18H23N3O5/c1-11(2)7-14(18(23)24)21-17(22)12(9-19)10-20-13-5-6-15(25-3)16(8-13)26-4/h5-6,8,10-11,14,20H,7H2,1-4H3,(H,21,22)(H,23,24)/b12-10-. The number of amides is 1. The number of nitriles is 1. The Morgan fingerprint density at radius 3 is 2.42 bits per heavy atom. The molecule has 1 unspecified atom stereocenters. The van der Waals surface area contributed by atoms with E-state index in [-0.39, 0.29) is 17.9 Å². The molecule has 0 heterocycles. The van der Waals surface area contributed by atoms with Gasteiger partial charge in [-0.25, -0.2) is 4.79 Å². The predicted octanol–water partition coefficient (Wildman–Crippen LogP) is 2.14. The molecule has 1 rings (SSSR count). The van der Waals surface area contributed by atoms with Gasteiger partial charge in [0.2, 0.25) is 0 Å². The Balaban J connectivity index is 2.89. The maximum absolute atomic E-state index is 12.2. The van der Waals surface area contributed by atoms with Crippen LogP contribution < -0.4 is 20.1 Å². The van der Waals surface area contributed by atoms with E-state index in [9.17, 15) is 20.0 Å². The van der Waals surface area contributed by atoms with Crippen molar-refractivity contribution in [2.24, 2.45) is 5.92 Å². The van der Waals surface area contributed by atoms with Crippen molar-refractivity contribution >= 4 is 17.6 Å². The van der Waals surface area contributed by atoms with Crippen molar-refractivity contribution < 1.29 is 24.2 Å². The summed E-state index contributed by atoms with van der Waals surface area (Å²) in [6.45, 7) is 3.70. The highest BCUT2D eigenvalue weighted by atomic mass is 16.5. The second kappa shape index (κ2) is 9.93. The summed E-state index contributed by atoms with van der Waals surface area (Å²) in [5.41, 5.74) is 0.329. The maximum Gasteiger partial charge on any atom is 0.326 e. The summed E-state index contributed by atoms with van der Waals surface area (Å²) in [6, 6.07) is 5.70. The number of carboxylic acid groups (broad SMARTS) is 1. The summed E-state index contributed by atoms with van der Waals surface area (Å²) in [5.74, 6) is -0.795. The lowest BCUT2D eigenvalue weighted by molar-refractivity contribution is -0.141. The molecule has 0 aliphatic carbocycles. The fourth-order valence-corrected chi connectivity index (χ4v) is 2.16. The van der Waals surface area contributed by atoms with E-state index in [1.807, 2.05) is 13.8 Å². The van der Waals surface area contributed by atoms with Gasteiger partial charge in [-0.1, -0.05) is 13.8 Å². The van der Waals surface area contributed by atoms with Crippen LogP contribution >= 0.6 is 0 Å². The van der Waals surface area contributed by atoms with E-state index in [1.54, 1.807) is 24.3 Å². The molecule has 1 amide bonds. The third-order valence-electron chi connectivity index (χ3n) is 3.44. The average molecular weight is 361 g/mol. The van der Waals surface area contributed by atoms with Gasteiger partial charge in [0.1, 0.15) is 17.7 Å². The molecule has 0 saturated carbocycles. The number of benzene rings is 1. The lowest BCUT2D eigenvalue weighted by Gasteiger charge is -2.16. The fourth-order valence-electron chi connectivity index (χ4n) is 2.16. The lowest BCUT2D eigenvalue weighted by atomic mass is 10.0. The number of nitrogens with one attached hydrogen (secondary N) is 2. The van der Waals surface area contributed by atoms with Crippen molar-refractivity contribution in [2.75, 3.05) is 19.5 Å². The quantitative estimate of drug-likeness (QED) is 0.455. The van der Waals surface area contributed by atoms with Gasteiger partial charge in [0, 0.05) is 18.0 Å². The van der Waals surface area contributed by atoms with E-state index in [4.69, 9.17) is 9.47 Å². The van der Waals surface area contributed by atoms with Crippen molar-refractivity contribution in [3.63, 3.8) is 0 Å². The second-order valence-electron chi connectivity index (χ2n) is 5.88. The molecule has 0 radical (unpaired) electrons. The Hall–Kier alpha value is -3.21. The topological polar surface area (TPSA) is 121 Å². The molecule has 3 N–H and O–H groups in total. The van der Waals surface area contributed by atoms with Crippen LogP contribution in [-0.2, 0) is 9.59 Å². The van der Waals surface area contributed by atoms with Gasteiger partial charge in [0.05, 0.1) is 14.2 Å². The number of rotatable bonds is 9. The monoisotopic (exact) mass is 361 g/mol. The zero-order valence-corrected chi connectivity index (χ0v) is 15.2. The Kier molecular flexibility index (Phi) is 7.96. The van der Waals surface area contributed by atoms with Crippen molar-refractivity contribution in [1.29, 1.82) is 5.26 Å². The highest BCUT2D eigenvalue weighted by molar-refractivity contribution is 5.99. The highest BCUT2D eigenvalue weighted by Crippen LogP contribution is 2.29. The Bertz CT molecular complexity index is 722. The summed E-state index contributed by atoms with van der Waals surface area (Å²) < 4.78 is 10.3. The lowest BCUT2D eigenvalue weighted by Crippen LogP contribution is -2.42. The molecule has 26 heavy (non-hydrogen) atoms. The van der Waals surface area contributed by atoms with E-state index < -0.39 is 17.9 Å². The van der Waals surface area contributed by atoms with Gasteiger partial charge >= 0.3 is 5.97 Å². The van der Waals surface area contributed by atoms with Crippen LogP contribution in [0.4, 0.5) is 5.69 Å². The highest BCUT2D eigenvalue weighted by Gasteiger charge is 2.22. The first-order valence-corrected chi connectivity index (χ1v) is 7.94. The van der Waals surface area contributed by atoms with E-state index in [2.05, 4.69) is 10.6 Å². The maximum atomic E-state index is 12.2. The van der Waals surface area contributed by atoms with Gasteiger partial charge in [-0.15, -0.1) is 0 Å². The van der Waals surface area contributed by atoms with E-state index in [0.29, 0.717) is 17.2 Å². The molecule has 0 aliphatic rings. The molecule has 1 atom stereocenters. The van der Waals surface area contributed by atoms with Crippen molar-refractivity contribution in [2.45, 2.75) is 26.3 Å². The molecule has 140 valence electrons. The van der Waals surface area contributed by atoms with E-state index in [1.165, 1.54) is 20.4 Å². The number of carbonyl (C=O) groups is 2. The number of ether oxygens (including phenoxy) is 2. The number of hydrogen-bond acceptors (Lipinski definition) is 6. The minimum atomic E-state index is -1.14. The SMILES string of the molecule is COc1ccc(N/C=C(/C#N)C(=O)NC(CC(C)C)C(=O)O)cc1OC. The van der Waals surface area contributed by atoms with Crippen LogP contribution in [0.25, 0.3) is 0 Å². The molecule has 0 spiro atoms. The van der Waals surface area contributed by atoms with Gasteiger partial charge < -0.3 is 25.2 Å². The van der Waals surface area contributed by atoms with Gasteiger partial charge in [0.15, 0.2) is 11.5 Å². The average Bonchev–Trinajstić information content (AvgIpc) is 2.60. The zero-order chi connectivity index (χ0) is 19.7. The molecular formula is C18H23N3O5. The molecule has 8 nitrogen and oxygen atoms in total. The number of hydrogen-bond donors (Lipinski definition) is 3. The predicted molar refractivity (Wildman–Crippen MR) is 95.9 cm³/mol.